The van der Waals surface area contributed by atoms with Gasteiger partial charge in [-0.15, -0.1) is 10.2 Å². The van der Waals surface area contributed by atoms with Crippen molar-refractivity contribution in [3.8, 4) is 11.6 Å². The fraction of sp³-hybridized carbons (Fsp3) is 0.429. The van der Waals surface area contributed by atoms with Gasteiger partial charge in [-0.05, 0) is 58.2 Å². The molecule has 2 aromatic heterocycles. The molecule has 2 aliphatic heterocycles. The van der Waals surface area contributed by atoms with E-state index >= 15 is 0 Å². The van der Waals surface area contributed by atoms with E-state index in [-0.39, 0.29) is 18.5 Å². The van der Waals surface area contributed by atoms with Crippen molar-refractivity contribution in [1.82, 2.24) is 15.2 Å². The van der Waals surface area contributed by atoms with E-state index in [4.69, 9.17) is 9.15 Å². The highest BCUT2D eigenvalue weighted by molar-refractivity contribution is 5.90. The van der Waals surface area contributed by atoms with Crippen molar-refractivity contribution < 1.29 is 49.8 Å². The number of anilines is 2. The van der Waals surface area contributed by atoms with Crippen molar-refractivity contribution >= 4 is 23.7 Å². The summed E-state index contributed by atoms with van der Waals surface area (Å²) in [5, 5.41) is 20.1. The van der Waals surface area contributed by atoms with Gasteiger partial charge in [-0.2, -0.15) is 26.3 Å². The Bertz CT molecular complexity index is 1610. The van der Waals surface area contributed by atoms with Gasteiger partial charge >= 0.3 is 18.4 Å². The van der Waals surface area contributed by atoms with E-state index in [0.29, 0.717) is 25.0 Å². The van der Waals surface area contributed by atoms with Crippen molar-refractivity contribution in [3.63, 3.8) is 0 Å². The van der Waals surface area contributed by atoms with Crippen LogP contribution in [-0.2, 0) is 16.5 Å². The average molecular weight is 630 g/mol. The van der Waals surface area contributed by atoms with Crippen LogP contribution in [-0.4, -0.2) is 50.7 Å². The minimum atomic E-state index is -5.48. The zero-order chi connectivity index (χ0) is 32.2. The number of nitrogens with zero attached hydrogens (tertiary/aromatic N) is 4. The summed E-state index contributed by atoms with van der Waals surface area (Å²) in [7, 11) is 0. The van der Waals surface area contributed by atoms with Gasteiger partial charge in [-0.25, -0.2) is 14.2 Å². The van der Waals surface area contributed by atoms with Gasteiger partial charge in [0.05, 0.1) is 5.69 Å². The smallest absolute Gasteiger partial charge is 0.430 e. The number of nitrogens with one attached hydrogen (secondary N) is 1. The number of alkyl halides is 6. The van der Waals surface area contributed by atoms with Gasteiger partial charge in [-0.3, -0.25) is 5.32 Å². The molecule has 3 aromatic rings. The molecule has 44 heavy (non-hydrogen) atoms. The summed E-state index contributed by atoms with van der Waals surface area (Å²) >= 11 is 0. The number of hydrogen-bond donors (Lipinski definition) is 2. The summed E-state index contributed by atoms with van der Waals surface area (Å²) in [5.41, 5.74) is -8.70. The second kappa shape index (κ2) is 10.7. The van der Waals surface area contributed by atoms with E-state index in [2.05, 4.69) is 20.5 Å². The zero-order valence-electron chi connectivity index (χ0n) is 23.5. The molecule has 2 atom stereocenters. The number of rotatable bonds is 1. The topological polar surface area (TPSA) is 114 Å². The Morgan fingerprint density at radius 1 is 1.14 bits per heavy atom. The van der Waals surface area contributed by atoms with Crippen molar-refractivity contribution in [3.05, 3.63) is 58.7 Å². The predicted molar refractivity (Wildman–Crippen MR) is 142 cm³/mol. The summed E-state index contributed by atoms with van der Waals surface area (Å²) in [5.74, 6) is -3.75. The maximum atomic E-state index is 14.6. The molecule has 6 bridgehead atoms. The first-order chi connectivity index (χ1) is 20.4. The summed E-state index contributed by atoms with van der Waals surface area (Å²) < 4.78 is 112. The highest BCUT2D eigenvalue weighted by atomic mass is 19.4. The van der Waals surface area contributed by atoms with Gasteiger partial charge in [0.25, 0.3) is 17.4 Å². The molecule has 0 radical (unpaired) electrons. The van der Waals surface area contributed by atoms with Gasteiger partial charge in [0.15, 0.2) is 5.69 Å². The summed E-state index contributed by atoms with van der Waals surface area (Å²) in [4.78, 5) is 18.1. The lowest BCUT2D eigenvalue weighted by molar-refractivity contribution is -0.255. The third-order valence-corrected chi connectivity index (χ3v) is 7.06. The van der Waals surface area contributed by atoms with Crippen molar-refractivity contribution in [2.24, 2.45) is 0 Å². The Hall–Kier alpha value is -4.21. The van der Waals surface area contributed by atoms with Gasteiger partial charge in [0, 0.05) is 23.7 Å². The number of hydrogen-bond acceptors (Lipinski definition) is 8. The fourth-order valence-electron chi connectivity index (χ4n) is 5.08. The van der Waals surface area contributed by atoms with E-state index in [9.17, 15) is 40.6 Å². The van der Waals surface area contributed by atoms with Crippen LogP contribution in [0.3, 0.4) is 0 Å². The van der Waals surface area contributed by atoms with Crippen LogP contribution in [0.5, 0.6) is 0 Å². The molecule has 9 nitrogen and oxygen atoms in total. The Labute approximate surface area is 245 Å². The standard InChI is InChI=1S/C28H26F7N5O4/c1-25(2,3)44-24(41)36-19-13-17(27(30,31)32)21-37-20(19)22-38-39-23(43-22)26(42,28(33,34)35)15-9-10-18(29)14(12-15)6-4-7-16-8-5-11-40(16)21/h4,6,9-10,12-13,16,42H,5,7-8,11H2,1-3H3,(H,36,41)/b6-4-/t16-,26?/m1/s1. The Morgan fingerprint density at radius 3 is 2.52 bits per heavy atom. The molecule has 0 aliphatic carbocycles. The fourth-order valence-corrected chi connectivity index (χ4v) is 5.08. The number of aliphatic hydroxyl groups is 1. The number of fused-ring (bicyclic) bond motifs is 9. The van der Waals surface area contributed by atoms with Gasteiger partial charge < -0.3 is 19.2 Å². The molecule has 5 rings (SSSR count). The molecular weight excluding hydrogens is 603 g/mol. The maximum absolute atomic E-state index is 14.6. The third-order valence-electron chi connectivity index (χ3n) is 7.06. The monoisotopic (exact) mass is 629 g/mol. The number of halogens is 7. The van der Waals surface area contributed by atoms with E-state index in [1.165, 1.54) is 37.8 Å². The average Bonchev–Trinajstić information content (AvgIpc) is 3.57. The van der Waals surface area contributed by atoms with Crippen LogP contribution in [0, 0.1) is 5.82 Å². The van der Waals surface area contributed by atoms with Crippen LogP contribution in [0.4, 0.5) is 47.0 Å². The second-order valence-electron chi connectivity index (χ2n) is 11.4. The first kappa shape index (κ1) is 31.2. The molecule has 1 fully saturated rings. The molecule has 4 heterocycles. The van der Waals surface area contributed by atoms with Crippen molar-refractivity contribution in [1.29, 1.82) is 0 Å². The maximum Gasteiger partial charge on any atom is 0.430 e. The Kier molecular flexibility index (Phi) is 7.63. The highest BCUT2D eigenvalue weighted by Crippen LogP contribution is 2.46. The molecule has 1 aromatic carbocycles. The van der Waals surface area contributed by atoms with Gasteiger partial charge in [-0.1, -0.05) is 18.2 Å². The molecule has 1 amide bonds. The first-order valence-corrected chi connectivity index (χ1v) is 13.4. The van der Waals surface area contributed by atoms with Crippen LogP contribution in [0.2, 0.25) is 0 Å². The summed E-state index contributed by atoms with van der Waals surface area (Å²) in [6.45, 7) is 4.66. The zero-order valence-corrected chi connectivity index (χ0v) is 23.5. The Morgan fingerprint density at radius 2 is 1.86 bits per heavy atom. The molecule has 16 heteroatoms. The van der Waals surface area contributed by atoms with E-state index < -0.39 is 81.6 Å². The van der Waals surface area contributed by atoms with Gasteiger partial charge in [0.2, 0.25) is 0 Å². The lowest BCUT2D eigenvalue weighted by Gasteiger charge is -2.29. The van der Waals surface area contributed by atoms with Crippen LogP contribution in [0.1, 0.15) is 62.6 Å². The largest absolute Gasteiger partial charge is 0.444 e. The van der Waals surface area contributed by atoms with Crippen molar-refractivity contribution in [2.75, 3.05) is 16.8 Å². The number of pyridine rings is 1. The van der Waals surface area contributed by atoms with Crippen LogP contribution < -0.4 is 10.2 Å². The van der Waals surface area contributed by atoms with E-state index in [1.807, 2.05) is 0 Å². The van der Waals surface area contributed by atoms with Crippen LogP contribution in [0.25, 0.3) is 17.7 Å². The number of aromatic nitrogens is 3. The molecule has 236 valence electrons. The minimum absolute atomic E-state index is 0.0869. The number of benzene rings is 1. The molecule has 0 saturated carbocycles. The van der Waals surface area contributed by atoms with Crippen molar-refractivity contribution in [2.45, 2.75) is 69.6 Å². The lowest BCUT2D eigenvalue weighted by Crippen LogP contribution is -2.43. The second-order valence-corrected chi connectivity index (χ2v) is 11.4. The third kappa shape index (κ3) is 5.81. The lowest BCUT2D eigenvalue weighted by atomic mass is 9.91. The summed E-state index contributed by atoms with van der Waals surface area (Å²) in [6.07, 6.45) is -8.06. The molecule has 1 unspecified atom stereocenters. The number of carbonyl (C=O) groups excluding carboxylic acids is 1. The predicted octanol–water partition coefficient (Wildman–Crippen LogP) is 6.82. The highest BCUT2D eigenvalue weighted by Gasteiger charge is 2.60. The molecule has 2 aliphatic rings. The molecular formula is C28H26F7N5O4. The summed E-state index contributed by atoms with van der Waals surface area (Å²) in [6, 6.07) is 2.20. The molecule has 0 spiro atoms. The quantitative estimate of drug-likeness (QED) is 0.282. The number of ether oxygens (including phenoxy) is 1. The number of carbonyl (C=O) groups is 1. The minimum Gasteiger partial charge on any atom is -0.444 e. The van der Waals surface area contributed by atoms with Gasteiger partial charge in [0.1, 0.15) is 22.8 Å². The van der Waals surface area contributed by atoms with E-state index in [1.54, 1.807) is 0 Å². The molecule has 2 N–H and O–H groups in total. The van der Waals surface area contributed by atoms with E-state index in [0.717, 1.165) is 12.1 Å². The molecule has 1 saturated heterocycles. The normalized spacial score (nSPS) is 21.2. The first-order valence-electron chi connectivity index (χ1n) is 13.4. The Balaban J connectivity index is 1.79. The SMILES string of the molecule is CC(C)(C)OC(=O)Nc1cc(C(F)(F)F)c2nc1-c1nnc(o1)C(O)(C(F)(F)F)c1ccc(F)c(c1)/C=C\C[C@@H]1CCCN21. The van der Waals surface area contributed by atoms with Crippen LogP contribution in [0.15, 0.2) is 34.8 Å². The van der Waals surface area contributed by atoms with Crippen LogP contribution >= 0.6 is 0 Å². The number of amides is 1.